The Morgan fingerprint density at radius 2 is 1.78 bits per heavy atom. The third kappa shape index (κ3) is 2.34. The molecule has 2 rings (SSSR count). The second kappa shape index (κ2) is 4.39. The summed E-state index contributed by atoms with van der Waals surface area (Å²) in [4.78, 5) is 2.22. The number of nitriles is 1. The molecule has 0 saturated carbocycles. The van der Waals surface area contributed by atoms with E-state index in [-0.39, 0.29) is 11.3 Å². The fourth-order valence-corrected chi connectivity index (χ4v) is 1.67. The van der Waals surface area contributed by atoms with Crippen LogP contribution >= 0.6 is 11.6 Å². The molecule has 0 aliphatic heterocycles. The topological polar surface area (TPSA) is 39.6 Å². The van der Waals surface area contributed by atoms with Gasteiger partial charge in [-0.25, -0.2) is 0 Å². The molecule has 0 aliphatic rings. The monoisotopic (exact) mass is 270 g/mol. The molecule has 2 nitrogen and oxygen atoms in total. The van der Waals surface area contributed by atoms with Crippen molar-refractivity contribution in [3.05, 3.63) is 46.6 Å². The van der Waals surface area contributed by atoms with E-state index in [4.69, 9.17) is 16.9 Å². The summed E-state index contributed by atoms with van der Waals surface area (Å²) < 4.78 is 37.6. The van der Waals surface area contributed by atoms with Crippen LogP contribution in [0.2, 0.25) is 5.02 Å². The van der Waals surface area contributed by atoms with Gasteiger partial charge in [0.25, 0.3) is 0 Å². The summed E-state index contributed by atoms with van der Waals surface area (Å²) >= 11 is 5.70. The molecule has 92 valence electrons. The van der Waals surface area contributed by atoms with Crippen molar-refractivity contribution in [1.29, 1.82) is 5.26 Å². The lowest BCUT2D eigenvalue weighted by molar-refractivity contribution is -0.140. The molecule has 2 aromatic rings. The van der Waals surface area contributed by atoms with Gasteiger partial charge in [0.05, 0.1) is 11.3 Å². The van der Waals surface area contributed by atoms with E-state index in [0.717, 1.165) is 6.07 Å². The Morgan fingerprint density at radius 3 is 2.28 bits per heavy atom. The van der Waals surface area contributed by atoms with E-state index < -0.39 is 11.9 Å². The van der Waals surface area contributed by atoms with Crippen LogP contribution in [0.4, 0.5) is 13.2 Å². The molecule has 1 aromatic carbocycles. The van der Waals surface area contributed by atoms with Crippen molar-refractivity contribution >= 4 is 11.6 Å². The first kappa shape index (κ1) is 12.5. The van der Waals surface area contributed by atoms with Gasteiger partial charge in [-0.15, -0.1) is 0 Å². The van der Waals surface area contributed by atoms with Gasteiger partial charge in [-0.2, -0.15) is 18.4 Å². The molecule has 1 N–H and O–H groups in total. The second-order valence-electron chi connectivity index (χ2n) is 3.59. The zero-order chi connectivity index (χ0) is 13.3. The Labute approximate surface area is 106 Å². The van der Waals surface area contributed by atoms with E-state index in [1.165, 1.54) is 0 Å². The maximum Gasteiger partial charge on any atom is 0.431 e. The summed E-state index contributed by atoms with van der Waals surface area (Å²) in [5.74, 6) is 0. The highest BCUT2D eigenvalue weighted by atomic mass is 35.5. The molecule has 0 spiro atoms. The number of hydrogen-bond acceptors (Lipinski definition) is 1. The molecular formula is C12H6ClF3N2. The van der Waals surface area contributed by atoms with E-state index in [0.29, 0.717) is 10.6 Å². The average molecular weight is 271 g/mol. The Balaban J connectivity index is 2.54. The zero-order valence-corrected chi connectivity index (χ0v) is 9.60. The van der Waals surface area contributed by atoms with Crippen molar-refractivity contribution in [3.8, 4) is 17.3 Å². The number of hydrogen-bond donors (Lipinski definition) is 1. The third-order valence-electron chi connectivity index (χ3n) is 2.38. The van der Waals surface area contributed by atoms with Crippen LogP contribution in [0, 0.1) is 11.3 Å². The minimum Gasteiger partial charge on any atom is -0.350 e. The van der Waals surface area contributed by atoms with Gasteiger partial charge in [0, 0.05) is 5.02 Å². The number of nitrogens with one attached hydrogen (secondary N) is 1. The van der Waals surface area contributed by atoms with Gasteiger partial charge in [0.2, 0.25) is 0 Å². The van der Waals surface area contributed by atoms with Gasteiger partial charge in [0.1, 0.15) is 11.8 Å². The SMILES string of the molecule is N#Cc1cc(C(F)(F)F)[nH]c1-c1ccc(Cl)cc1. The van der Waals surface area contributed by atoms with E-state index in [1.54, 1.807) is 30.3 Å². The smallest absolute Gasteiger partial charge is 0.350 e. The van der Waals surface area contributed by atoms with Crippen LogP contribution in [0.1, 0.15) is 11.3 Å². The van der Waals surface area contributed by atoms with Crippen molar-refractivity contribution in [2.24, 2.45) is 0 Å². The van der Waals surface area contributed by atoms with Crippen LogP contribution in [0.5, 0.6) is 0 Å². The Kier molecular flexibility index (Phi) is 3.05. The summed E-state index contributed by atoms with van der Waals surface area (Å²) in [7, 11) is 0. The molecule has 18 heavy (non-hydrogen) atoms. The predicted octanol–water partition coefficient (Wildman–Crippen LogP) is 4.23. The van der Waals surface area contributed by atoms with Gasteiger partial charge in [-0.3, -0.25) is 0 Å². The minimum atomic E-state index is -4.50. The molecule has 0 radical (unpaired) electrons. The molecule has 0 bridgehead atoms. The molecule has 1 aromatic heterocycles. The minimum absolute atomic E-state index is 0.0513. The average Bonchev–Trinajstić information content (AvgIpc) is 2.73. The van der Waals surface area contributed by atoms with Crippen LogP contribution < -0.4 is 0 Å². The van der Waals surface area contributed by atoms with Crippen LogP contribution in [0.15, 0.2) is 30.3 Å². The number of halogens is 4. The van der Waals surface area contributed by atoms with E-state index in [2.05, 4.69) is 4.98 Å². The van der Waals surface area contributed by atoms with E-state index in [1.807, 2.05) is 0 Å². The van der Waals surface area contributed by atoms with Crippen LogP contribution in [-0.4, -0.2) is 4.98 Å². The van der Waals surface area contributed by atoms with Crippen LogP contribution in [0.3, 0.4) is 0 Å². The molecule has 0 aliphatic carbocycles. The van der Waals surface area contributed by atoms with E-state index >= 15 is 0 Å². The van der Waals surface area contributed by atoms with Gasteiger partial charge >= 0.3 is 6.18 Å². The van der Waals surface area contributed by atoms with Gasteiger partial charge in [0.15, 0.2) is 0 Å². The normalized spacial score (nSPS) is 11.3. The van der Waals surface area contributed by atoms with E-state index in [9.17, 15) is 13.2 Å². The number of aromatic amines is 1. The Hall–Kier alpha value is -1.93. The highest BCUT2D eigenvalue weighted by Gasteiger charge is 2.33. The molecule has 0 atom stereocenters. The lowest BCUT2D eigenvalue weighted by Gasteiger charge is -2.03. The van der Waals surface area contributed by atoms with Gasteiger partial charge < -0.3 is 4.98 Å². The molecule has 0 unspecified atom stereocenters. The predicted molar refractivity (Wildman–Crippen MR) is 61.0 cm³/mol. The third-order valence-corrected chi connectivity index (χ3v) is 2.63. The molecule has 1 heterocycles. The largest absolute Gasteiger partial charge is 0.431 e. The van der Waals surface area contributed by atoms with Crippen molar-refractivity contribution in [3.63, 3.8) is 0 Å². The first-order chi connectivity index (χ1) is 8.41. The highest BCUT2D eigenvalue weighted by Crippen LogP contribution is 2.33. The molecule has 0 amide bonds. The number of aromatic nitrogens is 1. The van der Waals surface area contributed by atoms with Crippen molar-refractivity contribution < 1.29 is 13.2 Å². The zero-order valence-electron chi connectivity index (χ0n) is 8.85. The van der Waals surface area contributed by atoms with Gasteiger partial charge in [-0.05, 0) is 23.8 Å². The Bertz CT molecular complexity index is 606. The van der Waals surface area contributed by atoms with Crippen molar-refractivity contribution in [2.45, 2.75) is 6.18 Å². The summed E-state index contributed by atoms with van der Waals surface area (Å²) in [5.41, 5.74) is -0.374. The second-order valence-corrected chi connectivity index (χ2v) is 4.02. The molecule has 0 saturated heterocycles. The number of nitrogens with zero attached hydrogens (tertiary/aromatic N) is 1. The summed E-state index contributed by atoms with van der Waals surface area (Å²) in [6, 6.07) is 8.73. The number of alkyl halides is 3. The summed E-state index contributed by atoms with van der Waals surface area (Å²) in [6.07, 6.45) is -4.50. The highest BCUT2D eigenvalue weighted by molar-refractivity contribution is 6.30. The lowest BCUT2D eigenvalue weighted by atomic mass is 10.1. The molecular weight excluding hydrogens is 265 g/mol. The fraction of sp³-hybridized carbons (Fsp3) is 0.0833. The van der Waals surface area contributed by atoms with Crippen molar-refractivity contribution in [1.82, 2.24) is 4.98 Å². The number of H-pyrrole nitrogens is 1. The van der Waals surface area contributed by atoms with Crippen LogP contribution in [0.25, 0.3) is 11.3 Å². The van der Waals surface area contributed by atoms with Crippen LogP contribution in [-0.2, 0) is 6.18 Å². The first-order valence-electron chi connectivity index (χ1n) is 4.88. The quantitative estimate of drug-likeness (QED) is 0.828. The molecule has 6 heteroatoms. The summed E-state index contributed by atoms with van der Waals surface area (Å²) in [6.45, 7) is 0. The maximum atomic E-state index is 12.5. The molecule has 0 fully saturated rings. The maximum absolute atomic E-state index is 12.5. The van der Waals surface area contributed by atoms with Gasteiger partial charge in [-0.1, -0.05) is 23.7 Å². The fourth-order valence-electron chi connectivity index (χ4n) is 1.54. The Morgan fingerprint density at radius 1 is 1.17 bits per heavy atom. The first-order valence-corrected chi connectivity index (χ1v) is 5.26. The summed E-state index contributed by atoms with van der Waals surface area (Å²) in [5, 5.41) is 9.32. The van der Waals surface area contributed by atoms with Crippen molar-refractivity contribution in [2.75, 3.05) is 0 Å². The number of benzene rings is 1. The lowest BCUT2D eigenvalue weighted by Crippen LogP contribution is -2.04. The standard InChI is InChI=1S/C12H6ClF3N2/c13-9-3-1-7(2-4-9)11-8(6-17)5-10(18-11)12(14,15)16/h1-5,18H. The number of rotatable bonds is 1.